The lowest BCUT2D eigenvalue weighted by Crippen LogP contribution is -2.17. The van der Waals surface area contributed by atoms with E-state index in [1.54, 1.807) is 0 Å². The molecule has 0 bridgehead atoms. The standard InChI is InChI=1S/C15H8Cl2F6N4O2S/c1-2-29-13(10-7(16)3-6(4-8(10)17)14(18,19)20)25-12-11(9(5-24)26-27-12)30(28)15(21,22)23/h3-4H,2H2,1H3,(H,26,27). The van der Waals surface area contributed by atoms with E-state index in [0.29, 0.717) is 12.1 Å². The van der Waals surface area contributed by atoms with E-state index >= 15 is 0 Å². The van der Waals surface area contributed by atoms with E-state index in [1.807, 2.05) is 5.10 Å². The number of rotatable bonds is 4. The first-order valence-electron chi connectivity index (χ1n) is 7.56. The van der Waals surface area contributed by atoms with Gasteiger partial charge in [0.2, 0.25) is 5.90 Å². The van der Waals surface area contributed by atoms with Crippen molar-refractivity contribution in [1.29, 1.82) is 5.26 Å². The Kier molecular flexibility index (Phi) is 7.05. The number of aliphatic imine (C=N–C) groups is 1. The lowest BCUT2D eigenvalue weighted by Gasteiger charge is -2.14. The van der Waals surface area contributed by atoms with Crippen molar-refractivity contribution >= 4 is 45.7 Å². The quantitative estimate of drug-likeness (QED) is 0.353. The van der Waals surface area contributed by atoms with Crippen molar-refractivity contribution in [2.24, 2.45) is 4.99 Å². The number of H-pyrrole nitrogens is 1. The lowest BCUT2D eigenvalue weighted by atomic mass is 10.1. The second-order valence-corrected chi connectivity index (χ2v) is 7.46. The average Bonchev–Trinajstić information content (AvgIpc) is 3.01. The summed E-state index contributed by atoms with van der Waals surface area (Å²) in [6.45, 7) is 1.31. The van der Waals surface area contributed by atoms with Crippen LogP contribution in [0.15, 0.2) is 22.0 Å². The summed E-state index contributed by atoms with van der Waals surface area (Å²) >= 11 is 11.8. The summed E-state index contributed by atoms with van der Waals surface area (Å²) in [7, 11) is -3.69. The Morgan fingerprint density at radius 2 is 1.83 bits per heavy atom. The molecule has 0 aliphatic rings. The molecule has 15 heteroatoms. The Labute approximate surface area is 176 Å². The molecule has 0 amide bonds. The first-order valence-corrected chi connectivity index (χ1v) is 9.47. The van der Waals surface area contributed by atoms with Gasteiger partial charge in [-0.05, 0) is 19.1 Å². The zero-order valence-electron chi connectivity index (χ0n) is 14.5. The summed E-state index contributed by atoms with van der Waals surface area (Å²) < 4.78 is 94.4. The van der Waals surface area contributed by atoms with E-state index in [2.05, 4.69) is 10.1 Å². The second kappa shape index (κ2) is 8.83. The number of benzene rings is 1. The minimum absolute atomic E-state index is 0.139. The van der Waals surface area contributed by atoms with E-state index in [4.69, 9.17) is 33.2 Å². The molecule has 2 rings (SSSR count). The van der Waals surface area contributed by atoms with Crippen LogP contribution in [-0.2, 0) is 21.7 Å². The predicted molar refractivity (Wildman–Crippen MR) is 95.1 cm³/mol. The van der Waals surface area contributed by atoms with Gasteiger partial charge in [-0.3, -0.25) is 5.10 Å². The number of alkyl halides is 6. The monoisotopic (exact) mass is 492 g/mol. The summed E-state index contributed by atoms with van der Waals surface area (Å²) in [5, 5.41) is 13.2. The maximum absolute atomic E-state index is 12.9. The SMILES string of the molecule is CCOC(=Nc1n[nH]c(C#N)c1S(=O)C(F)(F)F)c1c(Cl)cc(C(F)(F)F)cc1Cl. The van der Waals surface area contributed by atoms with Crippen LogP contribution in [0.4, 0.5) is 32.2 Å². The average molecular weight is 493 g/mol. The molecule has 1 N–H and O–H groups in total. The number of hydrogen-bond donors (Lipinski definition) is 1. The maximum atomic E-state index is 12.9. The molecule has 6 nitrogen and oxygen atoms in total. The smallest absolute Gasteiger partial charge is 0.476 e. The highest BCUT2D eigenvalue weighted by atomic mass is 35.5. The number of halogens is 8. The van der Waals surface area contributed by atoms with Crippen LogP contribution >= 0.6 is 23.2 Å². The van der Waals surface area contributed by atoms with Gasteiger partial charge >= 0.3 is 11.7 Å². The number of nitriles is 1. The van der Waals surface area contributed by atoms with Gasteiger partial charge in [0.05, 0.1) is 27.8 Å². The minimum atomic E-state index is -5.24. The second-order valence-electron chi connectivity index (χ2n) is 5.24. The van der Waals surface area contributed by atoms with E-state index in [9.17, 15) is 30.6 Å². The largest absolute Gasteiger partial charge is 0.477 e. The summed E-state index contributed by atoms with van der Waals surface area (Å²) in [5.74, 6) is -1.42. The summed E-state index contributed by atoms with van der Waals surface area (Å²) in [5.41, 5.74) is -7.55. The number of aromatic amines is 1. The fourth-order valence-electron chi connectivity index (χ4n) is 2.10. The van der Waals surface area contributed by atoms with Crippen molar-refractivity contribution < 1.29 is 35.3 Å². The summed E-state index contributed by atoms with van der Waals surface area (Å²) in [4.78, 5) is 2.61. The Balaban J connectivity index is 2.71. The van der Waals surface area contributed by atoms with Gasteiger partial charge in [0.15, 0.2) is 22.3 Å². The Bertz CT molecular complexity index is 1040. The third-order valence-electron chi connectivity index (χ3n) is 3.28. The molecule has 162 valence electrons. The van der Waals surface area contributed by atoms with Crippen LogP contribution in [-0.4, -0.2) is 32.4 Å². The van der Waals surface area contributed by atoms with Crippen LogP contribution in [0.1, 0.15) is 23.7 Å². The summed E-state index contributed by atoms with van der Waals surface area (Å²) in [6.07, 6.45) is -4.77. The lowest BCUT2D eigenvalue weighted by molar-refractivity contribution is -0.137. The molecule has 30 heavy (non-hydrogen) atoms. The van der Waals surface area contributed by atoms with Crippen LogP contribution in [0.5, 0.6) is 0 Å². The molecule has 0 aliphatic heterocycles. The van der Waals surface area contributed by atoms with Gasteiger partial charge in [-0.25, -0.2) is 4.21 Å². The zero-order chi connectivity index (χ0) is 22.9. The number of hydrogen-bond acceptors (Lipinski definition) is 5. The number of aromatic nitrogens is 2. The van der Waals surface area contributed by atoms with Crippen LogP contribution < -0.4 is 0 Å². The van der Waals surface area contributed by atoms with E-state index in [1.165, 1.54) is 13.0 Å². The molecule has 1 heterocycles. The minimum Gasteiger partial charge on any atom is -0.477 e. The molecular formula is C15H8Cl2F6N4O2S. The highest BCUT2D eigenvalue weighted by Crippen LogP contribution is 2.38. The number of nitrogens with one attached hydrogen (secondary N) is 1. The van der Waals surface area contributed by atoms with Gasteiger partial charge in [-0.1, -0.05) is 23.2 Å². The molecule has 0 saturated carbocycles. The first kappa shape index (κ1) is 24.0. The van der Waals surface area contributed by atoms with E-state index in [0.717, 1.165) is 0 Å². The Hall–Kier alpha value is -2.30. The normalized spacial score (nSPS) is 13.8. The topological polar surface area (TPSA) is 91.1 Å². The van der Waals surface area contributed by atoms with E-state index < -0.39 is 60.4 Å². The fraction of sp³-hybridized carbons (Fsp3) is 0.267. The van der Waals surface area contributed by atoms with E-state index in [-0.39, 0.29) is 12.2 Å². The third-order valence-corrected chi connectivity index (χ3v) is 5.06. The van der Waals surface area contributed by atoms with Crippen molar-refractivity contribution in [3.05, 3.63) is 39.0 Å². The summed E-state index contributed by atoms with van der Waals surface area (Å²) in [6, 6.07) is 2.41. The van der Waals surface area contributed by atoms with Gasteiger partial charge < -0.3 is 4.74 Å². The highest BCUT2D eigenvalue weighted by molar-refractivity contribution is 7.86. The molecule has 0 spiro atoms. The molecule has 1 unspecified atom stereocenters. The van der Waals surface area contributed by atoms with Crippen molar-refractivity contribution in [1.82, 2.24) is 10.2 Å². The van der Waals surface area contributed by atoms with Crippen LogP contribution in [0.3, 0.4) is 0 Å². The Morgan fingerprint density at radius 1 is 1.27 bits per heavy atom. The molecule has 1 aromatic heterocycles. The molecule has 1 aromatic carbocycles. The molecule has 2 aromatic rings. The molecule has 0 saturated heterocycles. The van der Waals surface area contributed by atoms with Gasteiger partial charge in [-0.2, -0.15) is 41.7 Å². The van der Waals surface area contributed by atoms with Crippen LogP contribution in [0.25, 0.3) is 0 Å². The van der Waals surface area contributed by atoms with Crippen LogP contribution in [0.2, 0.25) is 10.0 Å². The molecule has 0 radical (unpaired) electrons. The molecule has 0 aliphatic carbocycles. The number of ether oxygens (including phenoxy) is 1. The predicted octanol–water partition coefficient (Wildman–Crippen LogP) is 5.35. The van der Waals surface area contributed by atoms with Gasteiger partial charge in [0.25, 0.3) is 0 Å². The van der Waals surface area contributed by atoms with Crippen molar-refractivity contribution in [2.75, 3.05) is 6.61 Å². The number of nitrogens with zero attached hydrogens (tertiary/aromatic N) is 3. The van der Waals surface area contributed by atoms with Gasteiger partial charge in [0, 0.05) is 0 Å². The highest BCUT2D eigenvalue weighted by Gasteiger charge is 2.42. The third kappa shape index (κ3) is 5.05. The maximum Gasteiger partial charge on any atom is 0.476 e. The molecular weight excluding hydrogens is 485 g/mol. The van der Waals surface area contributed by atoms with Crippen LogP contribution in [0, 0.1) is 11.3 Å². The Morgan fingerprint density at radius 3 is 2.27 bits per heavy atom. The molecule has 0 fully saturated rings. The zero-order valence-corrected chi connectivity index (χ0v) is 16.8. The van der Waals surface area contributed by atoms with Crippen molar-refractivity contribution in [2.45, 2.75) is 23.5 Å². The molecule has 1 atom stereocenters. The fourth-order valence-corrected chi connectivity index (χ4v) is 3.51. The van der Waals surface area contributed by atoms with Crippen molar-refractivity contribution in [3.8, 4) is 6.07 Å². The van der Waals surface area contributed by atoms with Gasteiger partial charge in [0.1, 0.15) is 11.0 Å². The first-order chi connectivity index (χ1) is 13.8. The van der Waals surface area contributed by atoms with Gasteiger partial charge in [-0.15, -0.1) is 0 Å². The van der Waals surface area contributed by atoms with Crippen molar-refractivity contribution in [3.63, 3.8) is 0 Å².